The average molecular weight is 2050 g/mol. The van der Waals surface area contributed by atoms with Gasteiger partial charge in [0, 0.05) is 44.7 Å². The van der Waals surface area contributed by atoms with E-state index in [2.05, 4.69) is 19.7 Å². The van der Waals surface area contributed by atoms with Gasteiger partial charge in [0.05, 0.1) is 125 Å². The van der Waals surface area contributed by atoms with Crippen molar-refractivity contribution in [2.75, 3.05) is 119 Å². The number of carbonyl (C=O) groups is 17. The number of hydrogen-bond acceptors (Lipinski definition) is 39. The summed E-state index contributed by atoms with van der Waals surface area (Å²) in [6.07, 6.45) is 14.2. The summed E-state index contributed by atoms with van der Waals surface area (Å²) in [5, 5.41) is 28.9. The van der Waals surface area contributed by atoms with Gasteiger partial charge >= 0.3 is 101 Å². The van der Waals surface area contributed by atoms with Gasteiger partial charge in [-0.1, -0.05) is 27.2 Å². The number of esters is 16. The maximum Gasteiger partial charge on any atom is 0.342 e. The largest absolute Gasteiger partial charge is 0.507 e. The third-order valence-corrected chi connectivity index (χ3v) is 24.2. The molecule has 0 atom stereocenters. The SMILES string of the molecule is C.C=CC(=O)OCCCCOC(=O)C1CCC(C(=O)O)CC1.C=CC(=O)OCCCCOC(=O)C1CCC(C(=O)Oc2ccc(OC(=O)C3CCC(C(=O)Oc4ccc(OC(=O)C5CCC(C(=O)OCCCCOC(=O)C=C)CC5)c(C(=O)OCCOCC)c4)CC3)cc2C(=O)OCCOCC)CC1.CCOCCOC(=O)c1cc(OC(=O)C2CCC(C(=O)Oc3ccc(O)c(C(=O)OCCOCC)c3)CC2)ccc1O. The van der Waals surface area contributed by atoms with E-state index in [0.717, 1.165) is 18.2 Å². The molecule has 4 aromatic rings. The lowest BCUT2D eigenvalue weighted by atomic mass is 9.82. The normalized spacial score (nSPS) is 18.7. The zero-order valence-electron chi connectivity index (χ0n) is 82.6. The lowest BCUT2D eigenvalue weighted by molar-refractivity contribution is -0.153. The molecular weight excluding hydrogens is 1910 g/mol. The van der Waals surface area contributed by atoms with Gasteiger partial charge in [-0.3, -0.25) is 47.9 Å². The third kappa shape index (κ3) is 43.1. The highest BCUT2D eigenvalue weighted by Gasteiger charge is 2.39. The predicted octanol–water partition coefficient (Wildman–Crippen LogP) is 14.3. The summed E-state index contributed by atoms with van der Waals surface area (Å²) in [5.41, 5.74) is -0.609. The summed E-state index contributed by atoms with van der Waals surface area (Å²) in [5.74, 6) is -15.3. The van der Waals surface area contributed by atoms with Crippen LogP contribution in [0, 0.1) is 59.2 Å². The van der Waals surface area contributed by atoms with Crippen LogP contribution in [0.5, 0.6) is 46.0 Å². The molecule has 3 N–H and O–H groups in total. The molecule has 9 rings (SSSR count). The standard InChI is InChI=1S/C60H76O22.C30H36O12.C15H22O6.CH4/c1-5-51(61)73-29-9-11-31-75-53(63)39-13-17-43(18-14-39)57(67)81-49-27-25-45(37-47(49)59(69)77-35-33-71-7-3)79-55(65)41-21-23-42(24-22-41)56(66)80-46-26-28-50(48(38-46)60(70)78-36-34-72-8-4)82-58(68)44-19-15-40(16-20-44)54(64)76-32-12-10-30-74-52(62)6-2;1-3-37-13-15-39-29(35)23-17-21(9-11-25(23)31)41-27(33)19-5-7-20(8-6-19)28(34)42-22-10-12-26(32)24(18-22)30(36)40-16-14-38-4-2;1-2-13(16)20-9-3-4-10-21-15(19)12-7-5-11(6-8-12)14(17)18;/h5-6,25-28,37-44H,1-2,7-24,29-36H2,3-4H3;9-12,17-20,31-32H,3-8,13-16H2,1-2H3;2,11-12H,1,3-10H2,(H,17,18);1H4. The maximum absolute atomic E-state index is 13.6. The Balaban J connectivity index is 0.000000417. The Morgan fingerprint density at radius 1 is 0.253 bits per heavy atom. The molecule has 0 heterocycles. The first-order chi connectivity index (χ1) is 69.9. The molecule has 5 fully saturated rings. The Morgan fingerprint density at radius 2 is 0.452 bits per heavy atom. The number of carbonyl (C=O) groups excluding carboxylic acids is 16. The minimum Gasteiger partial charge on any atom is -0.507 e. The summed E-state index contributed by atoms with van der Waals surface area (Å²) < 4.78 is 106. The summed E-state index contributed by atoms with van der Waals surface area (Å²) in [4.78, 5) is 212. The number of hydrogen-bond donors (Lipinski definition) is 3. The number of unbranched alkanes of at least 4 members (excludes halogenated alkanes) is 3. The predicted molar refractivity (Wildman–Crippen MR) is 516 cm³/mol. The minimum atomic E-state index is -0.849. The second-order valence-corrected chi connectivity index (χ2v) is 34.4. The lowest BCUT2D eigenvalue weighted by Crippen LogP contribution is -2.30. The second kappa shape index (κ2) is 67.3. The fourth-order valence-electron chi connectivity index (χ4n) is 16.0. The summed E-state index contributed by atoms with van der Waals surface area (Å²) in [7, 11) is 0. The van der Waals surface area contributed by atoms with Crippen LogP contribution in [0.1, 0.15) is 243 Å². The van der Waals surface area contributed by atoms with E-state index in [1.807, 2.05) is 13.8 Å². The number of aromatic hydroxyl groups is 2. The van der Waals surface area contributed by atoms with E-state index in [4.69, 9.17) is 99.8 Å². The van der Waals surface area contributed by atoms with Crippen LogP contribution in [0.3, 0.4) is 0 Å². The van der Waals surface area contributed by atoms with E-state index in [0.29, 0.717) is 174 Å². The molecule has 40 nitrogen and oxygen atoms in total. The molecule has 0 amide bonds. The Kier molecular flexibility index (Phi) is 55.8. The zero-order valence-corrected chi connectivity index (χ0v) is 82.6. The van der Waals surface area contributed by atoms with Crippen molar-refractivity contribution in [2.24, 2.45) is 59.2 Å². The number of carboxylic acids is 1. The fraction of sp³-hybridized carbons (Fsp3) is 0.557. The van der Waals surface area contributed by atoms with Gasteiger partial charge in [-0.05, 0) is 267 Å². The first kappa shape index (κ1) is 121. The highest BCUT2D eigenvalue weighted by Crippen LogP contribution is 2.40. The van der Waals surface area contributed by atoms with E-state index in [1.165, 1.54) is 72.8 Å². The highest BCUT2D eigenvalue weighted by molar-refractivity contribution is 5.97. The van der Waals surface area contributed by atoms with Crippen LogP contribution in [0.25, 0.3) is 0 Å². The van der Waals surface area contributed by atoms with Crippen molar-refractivity contribution in [3.63, 3.8) is 0 Å². The minimum absolute atomic E-state index is 0. The molecule has 4 aromatic carbocycles. The first-order valence-electron chi connectivity index (χ1n) is 49.3. The zero-order chi connectivity index (χ0) is 105. The second-order valence-electron chi connectivity index (χ2n) is 34.4. The quantitative estimate of drug-likeness (QED) is 0.0121. The Labute approximate surface area is 848 Å². The van der Waals surface area contributed by atoms with Crippen LogP contribution in [0.15, 0.2) is 111 Å². The molecule has 0 saturated heterocycles. The average Bonchev–Trinajstić information content (AvgIpc) is 0.808. The number of rotatable bonds is 54. The van der Waals surface area contributed by atoms with Crippen molar-refractivity contribution in [1.82, 2.24) is 0 Å². The monoisotopic (exact) mass is 2050 g/mol. The number of phenolic OH excluding ortho intramolecular Hbond substituents is 2. The van der Waals surface area contributed by atoms with Crippen LogP contribution in [0.2, 0.25) is 0 Å². The van der Waals surface area contributed by atoms with Gasteiger partial charge in [0.15, 0.2) is 0 Å². The summed E-state index contributed by atoms with van der Waals surface area (Å²) in [6, 6.07) is 15.6. The van der Waals surface area contributed by atoms with Crippen LogP contribution in [-0.4, -0.2) is 236 Å². The molecule has 5 aliphatic carbocycles. The summed E-state index contributed by atoms with van der Waals surface area (Å²) >= 11 is 0. The molecule has 5 saturated carbocycles. The molecule has 0 aromatic heterocycles. The molecule has 0 bridgehead atoms. The topological polar surface area (TPSA) is 535 Å². The van der Waals surface area contributed by atoms with Gasteiger partial charge < -0.3 is 110 Å². The van der Waals surface area contributed by atoms with Crippen LogP contribution < -0.4 is 28.4 Å². The van der Waals surface area contributed by atoms with Crippen LogP contribution in [0.4, 0.5) is 0 Å². The fourth-order valence-corrected chi connectivity index (χ4v) is 16.0. The molecule has 802 valence electrons. The molecular formula is C106H138O40. The Hall–Kier alpha value is -13.5. The first-order valence-corrected chi connectivity index (χ1v) is 49.3. The van der Waals surface area contributed by atoms with E-state index in [1.54, 1.807) is 13.8 Å². The molecule has 146 heavy (non-hydrogen) atoms. The number of phenols is 2. The number of aliphatic carboxylic acids is 1. The molecule has 0 spiro atoms. The van der Waals surface area contributed by atoms with E-state index in [-0.39, 0.29) is 217 Å². The van der Waals surface area contributed by atoms with E-state index in [9.17, 15) is 91.7 Å². The van der Waals surface area contributed by atoms with Crippen molar-refractivity contribution < 1.29 is 192 Å². The van der Waals surface area contributed by atoms with Gasteiger partial charge in [-0.15, -0.1) is 0 Å². The molecule has 5 aliphatic rings. The van der Waals surface area contributed by atoms with Crippen molar-refractivity contribution >= 4 is 101 Å². The van der Waals surface area contributed by atoms with Crippen molar-refractivity contribution in [2.45, 2.75) is 202 Å². The third-order valence-electron chi connectivity index (χ3n) is 24.2. The summed E-state index contributed by atoms with van der Waals surface area (Å²) in [6.45, 7) is 20.7. The van der Waals surface area contributed by atoms with Crippen LogP contribution in [-0.2, 0) is 129 Å². The van der Waals surface area contributed by atoms with Gasteiger partial charge in [0.25, 0.3) is 0 Å². The smallest absolute Gasteiger partial charge is 0.342 e. The number of ether oxygens (including phenoxy) is 20. The van der Waals surface area contributed by atoms with Crippen molar-refractivity contribution in [3.05, 3.63) is 133 Å². The molecule has 0 unspecified atom stereocenters. The van der Waals surface area contributed by atoms with Crippen molar-refractivity contribution in [3.8, 4) is 46.0 Å². The van der Waals surface area contributed by atoms with Crippen molar-refractivity contribution in [1.29, 1.82) is 0 Å². The van der Waals surface area contributed by atoms with Gasteiger partial charge in [0.1, 0.15) is 94.7 Å². The van der Waals surface area contributed by atoms with E-state index >= 15 is 0 Å². The molecule has 40 heteroatoms. The maximum atomic E-state index is 13.6. The molecule has 0 radical (unpaired) electrons. The number of carboxylic acid groups (broad SMARTS) is 1. The number of benzene rings is 4. The van der Waals surface area contributed by atoms with Gasteiger partial charge in [0.2, 0.25) is 0 Å². The molecule has 0 aliphatic heterocycles. The highest BCUT2D eigenvalue weighted by atomic mass is 16.6. The van der Waals surface area contributed by atoms with Crippen LogP contribution >= 0.6 is 0 Å². The van der Waals surface area contributed by atoms with Gasteiger partial charge in [-0.2, -0.15) is 0 Å². The van der Waals surface area contributed by atoms with E-state index < -0.39 is 131 Å². The lowest BCUT2D eigenvalue weighted by Gasteiger charge is -2.26. The Bertz CT molecular complexity index is 4690. The van der Waals surface area contributed by atoms with Gasteiger partial charge in [-0.25, -0.2) is 33.6 Å². The Morgan fingerprint density at radius 3 is 0.678 bits per heavy atom.